The van der Waals surface area contributed by atoms with E-state index in [4.69, 9.17) is 0 Å². The van der Waals surface area contributed by atoms with Crippen molar-refractivity contribution >= 4 is 28.8 Å². The Morgan fingerprint density at radius 3 is 2.95 bits per heavy atom. The average molecular weight is 312 g/mol. The number of aryl methyl sites for hydroxylation is 1. The number of carboxylic acid groups (broad SMARTS) is 1. The summed E-state index contributed by atoms with van der Waals surface area (Å²) in [4.78, 5) is 20.6. The van der Waals surface area contributed by atoms with Crippen LogP contribution >= 0.6 is 22.9 Å². The summed E-state index contributed by atoms with van der Waals surface area (Å²) in [5.74, 6) is -0.876. The van der Waals surface area contributed by atoms with Gasteiger partial charge in [0.05, 0.1) is 5.01 Å². The van der Waals surface area contributed by atoms with E-state index in [9.17, 15) is 9.90 Å². The molecule has 0 spiro atoms. The van der Waals surface area contributed by atoms with Crippen molar-refractivity contribution in [2.75, 3.05) is 0 Å². The molecule has 2 rings (SSSR count). The van der Waals surface area contributed by atoms with Crippen LogP contribution in [-0.4, -0.2) is 31.5 Å². The third kappa shape index (κ3) is 4.32. The van der Waals surface area contributed by atoms with Gasteiger partial charge in [-0.2, -0.15) is 4.37 Å². The van der Waals surface area contributed by atoms with Crippen molar-refractivity contribution in [1.82, 2.24) is 19.7 Å². The predicted molar refractivity (Wildman–Crippen MR) is 78.0 cm³/mol. The van der Waals surface area contributed by atoms with Crippen molar-refractivity contribution < 1.29 is 9.90 Å². The van der Waals surface area contributed by atoms with Crippen LogP contribution in [0.3, 0.4) is 0 Å². The third-order valence-corrected chi connectivity index (χ3v) is 4.41. The summed E-state index contributed by atoms with van der Waals surface area (Å²) in [6, 6.07) is -0.653. The number of hydrogen-bond acceptors (Lipinski definition) is 7. The van der Waals surface area contributed by atoms with Crippen molar-refractivity contribution in [1.29, 1.82) is 0 Å². The lowest BCUT2D eigenvalue weighted by Crippen LogP contribution is -2.37. The molecule has 0 aromatic carbocycles. The van der Waals surface area contributed by atoms with Gasteiger partial charge < -0.3 is 5.11 Å². The van der Waals surface area contributed by atoms with Crippen LogP contribution in [0, 0.1) is 0 Å². The lowest BCUT2D eigenvalue weighted by atomic mass is 10.2. The van der Waals surface area contributed by atoms with Gasteiger partial charge in [0.15, 0.2) is 0 Å². The van der Waals surface area contributed by atoms with Gasteiger partial charge in [-0.15, -0.1) is 11.3 Å². The molecule has 1 unspecified atom stereocenters. The third-order valence-electron chi connectivity index (χ3n) is 2.67. The molecule has 0 aliphatic heterocycles. The van der Waals surface area contributed by atoms with Gasteiger partial charge in [-0.3, -0.25) is 10.1 Å². The lowest BCUT2D eigenvalue weighted by molar-refractivity contribution is -0.139. The largest absolute Gasteiger partial charge is 0.480 e. The maximum atomic E-state index is 11.2. The molecule has 108 valence electrons. The quantitative estimate of drug-likeness (QED) is 0.772. The first-order chi connectivity index (χ1) is 9.69. The molecule has 2 N–H and O–H groups in total. The van der Waals surface area contributed by atoms with Crippen molar-refractivity contribution in [3.05, 3.63) is 27.4 Å². The zero-order valence-electron chi connectivity index (χ0n) is 11.1. The predicted octanol–water partition coefficient (Wildman–Crippen LogP) is 1.73. The number of carbonyl (C=O) groups is 1. The molecular weight excluding hydrogens is 296 g/mol. The van der Waals surface area contributed by atoms with Crippen LogP contribution in [0.4, 0.5) is 0 Å². The summed E-state index contributed by atoms with van der Waals surface area (Å²) in [5.41, 5.74) is 0. The topological polar surface area (TPSA) is 88.0 Å². The molecule has 0 fully saturated rings. The second-order valence-electron chi connectivity index (χ2n) is 4.28. The second kappa shape index (κ2) is 7.41. The van der Waals surface area contributed by atoms with E-state index < -0.39 is 12.0 Å². The van der Waals surface area contributed by atoms with Crippen molar-refractivity contribution in [3.63, 3.8) is 0 Å². The minimum absolute atomic E-state index is 0.348. The Morgan fingerprint density at radius 2 is 2.30 bits per heavy atom. The summed E-state index contributed by atoms with van der Waals surface area (Å²) < 4.78 is 3.88. The van der Waals surface area contributed by atoms with Gasteiger partial charge in [-0.05, 0) is 24.4 Å². The zero-order chi connectivity index (χ0) is 14.4. The van der Waals surface area contributed by atoms with Crippen molar-refractivity contribution in [2.45, 2.75) is 38.8 Å². The lowest BCUT2D eigenvalue weighted by Gasteiger charge is -2.11. The smallest absolute Gasteiger partial charge is 0.321 e. The summed E-state index contributed by atoms with van der Waals surface area (Å²) in [7, 11) is 0. The standard InChI is InChI=1S/C12H16N4O2S2/c1-2-3-10-14-6-8(19-10)5-13-9(12(17)18)4-11-15-7-16-20-11/h6-7,9,13H,2-5H2,1H3,(H,17,18). The van der Waals surface area contributed by atoms with Crippen LogP contribution in [0.2, 0.25) is 0 Å². The minimum Gasteiger partial charge on any atom is -0.480 e. The fraction of sp³-hybridized carbons (Fsp3) is 0.500. The molecule has 0 amide bonds. The van der Waals surface area contributed by atoms with Gasteiger partial charge in [0.1, 0.15) is 17.4 Å². The van der Waals surface area contributed by atoms with E-state index >= 15 is 0 Å². The van der Waals surface area contributed by atoms with Gasteiger partial charge in [-0.1, -0.05) is 6.92 Å². The summed E-state index contributed by atoms with van der Waals surface area (Å²) in [5, 5.41) is 14.1. The second-order valence-corrected chi connectivity index (χ2v) is 6.35. The maximum absolute atomic E-state index is 11.2. The van der Waals surface area contributed by atoms with E-state index in [0.717, 1.165) is 27.7 Å². The number of rotatable bonds is 8. The van der Waals surface area contributed by atoms with Crippen LogP contribution in [0.1, 0.15) is 28.2 Å². The summed E-state index contributed by atoms with van der Waals surface area (Å²) in [6.45, 7) is 2.62. The Morgan fingerprint density at radius 1 is 1.45 bits per heavy atom. The monoisotopic (exact) mass is 312 g/mol. The first-order valence-corrected chi connectivity index (χ1v) is 7.93. The van der Waals surface area contributed by atoms with Crippen LogP contribution < -0.4 is 5.32 Å². The van der Waals surface area contributed by atoms with Gasteiger partial charge in [0, 0.05) is 24.0 Å². The molecule has 2 aromatic heterocycles. The Bertz CT molecular complexity index is 541. The van der Waals surface area contributed by atoms with Gasteiger partial charge >= 0.3 is 5.97 Å². The molecule has 0 saturated heterocycles. The Kier molecular flexibility index (Phi) is 5.57. The number of aromatic nitrogens is 3. The van der Waals surface area contributed by atoms with Gasteiger partial charge in [0.2, 0.25) is 0 Å². The first-order valence-electron chi connectivity index (χ1n) is 6.34. The maximum Gasteiger partial charge on any atom is 0.321 e. The molecule has 0 aliphatic rings. The average Bonchev–Trinajstić information content (AvgIpc) is 3.06. The van der Waals surface area contributed by atoms with E-state index in [2.05, 4.69) is 26.6 Å². The Hall–Kier alpha value is -1.38. The van der Waals surface area contributed by atoms with Crippen LogP contribution in [0.15, 0.2) is 12.5 Å². The fourth-order valence-electron chi connectivity index (χ4n) is 1.69. The molecule has 0 aliphatic carbocycles. The van der Waals surface area contributed by atoms with Gasteiger partial charge in [-0.25, -0.2) is 9.97 Å². The van der Waals surface area contributed by atoms with E-state index in [1.54, 1.807) is 11.3 Å². The number of hydrogen-bond donors (Lipinski definition) is 2. The number of aliphatic carboxylic acids is 1. The van der Waals surface area contributed by atoms with E-state index in [1.807, 2.05) is 6.20 Å². The SMILES string of the molecule is CCCc1ncc(CNC(Cc2ncns2)C(=O)O)s1. The van der Waals surface area contributed by atoms with Crippen LogP contribution in [0.5, 0.6) is 0 Å². The molecule has 6 nitrogen and oxygen atoms in total. The van der Waals surface area contributed by atoms with Gasteiger partial charge in [0.25, 0.3) is 0 Å². The molecule has 0 radical (unpaired) electrons. The van der Waals surface area contributed by atoms with Crippen molar-refractivity contribution in [2.24, 2.45) is 0 Å². The molecule has 2 heterocycles. The van der Waals surface area contributed by atoms with Crippen LogP contribution in [-0.2, 0) is 24.2 Å². The number of nitrogens with zero attached hydrogens (tertiary/aromatic N) is 3. The summed E-state index contributed by atoms with van der Waals surface area (Å²) in [6.07, 6.45) is 5.64. The highest BCUT2D eigenvalue weighted by molar-refractivity contribution is 7.11. The molecule has 20 heavy (non-hydrogen) atoms. The molecule has 1 atom stereocenters. The first kappa shape index (κ1) is 15.0. The minimum atomic E-state index is -0.876. The zero-order valence-corrected chi connectivity index (χ0v) is 12.7. The highest BCUT2D eigenvalue weighted by Crippen LogP contribution is 2.15. The molecular formula is C12H16N4O2S2. The number of thiazole rings is 1. The van der Waals surface area contributed by atoms with Crippen molar-refractivity contribution in [3.8, 4) is 0 Å². The normalized spacial score (nSPS) is 12.4. The Balaban J connectivity index is 1.89. The highest BCUT2D eigenvalue weighted by atomic mass is 32.1. The number of carboxylic acids is 1. The molecule has 8 heteroatoms. The molecule has 2 aromatic rings. The summed E-state index contributed by atoms with van der Waals surface area (Å²) >= 11 is 2.85. The molecule has 0 bridgehead atoms. The van der Waals surface area contributed by atoms with E-state index in [1.165, 1.54) is 17.9 Å². The fourth-order valence-corrected chi connectivity index (χ4v) is 3.22. The highest BCUT2D eigenvalue weighted by Gasteiger charge is 2.19. The van der Waals surface area contributed by atoms with Crippen LogP contribution in [0.25, 0.3) is 0 Å². The Labute approximate surface area is 125 Å². The number of nitrogens with one attached hydrogen (secondary N) is 1. The van der Waals surface area contributed by atoms with E-state index in [-0.39, 0.29) is 0 Å². The van der Waals surface area contributed by atoms with E-state index in [0.29, 0.717) is 13.0 Å². The molecule has 0 saturated carbocycles.